The molecule has 1 heterocycles. The Labute approximate surface area is 206 Å². The number of carbonyl (C=O) groups excluding carboxylic acids is 2. The SMILES string of the molecule is COc1ccc(CN2c3ccc(NC(=O)CCCCCCC(=O)O)cc3NC(=O)C2C(C)C)cc1. The number of hydrogen-bond donors (Lipinski definition) is 3. The lowest BCUT2D eigenvalue weighted by Gasteiger charge is -2.40. The summed E-state index contributed by atoms with van der Waals surface area (Å²) in [5.74, 6) is -0.0568. The summed E-state index contributed by atoms with van der Waals surface area (Å²) in [6.07, 6.45) is 3.49. The molecule has 8 nitrogen and oxygen atoms in total. The number of rotatable bonds is 12. The van der Waals surface area contributed by atoms with Crippen molar-refractivity contribution in [2.75, 3.05) is 22.6 Å². The van der Waals surface area contributed by atoms with Crippen LogP contribution in [0, 0.1) is 5.92 Å². The third-order valence-electron chi connectivity index (χ3n) is 6.14. The van der Waals surface area contributed by atoms with E-state index in [1.165, 1.54) is 0 Å². The summed E-state index contributed by atoms with van der Waals surface area (Å²) in [5, 5.41) is 14.6. The Morgan fingerprint density at radius 2 is 1.74 bits per heavy atom. The number of nitrogens with one attached hydrogen (secondary N) is 2. The molecule has 35 heavy (non-hydrogen) atoms. The second-order valence-corrected chi connectivity index (χ2v) is 9.24. The average Bonchev–Trinajstić information content (AvgIpc) is 2.81. The van der Waals surface area contributed by atoms with Crippen LogP contribution in [-0.4, -0.2) is 36.0 Å². The van der Waals surface area contributed by atoms with Crippen molar-refractivity contribution in [3.8, 4) is 5.75 Å². The van der Waals surface area contributed by atoms with E-state index in [0.29, 0.717) is 37.2 Å². The van der Waals surface area contributed by atoms with E-state index in [1.807, 2.05) is 50.2 Å². The van der Waals surface area contributed by atoms with Gasteiger partial charge >= 0.3 is 5.97 Å². The lowest BCUT2D eigenvalue weighted by Crippen LogP contribution is -2.50. The number of carbonyl (C=O) groups is 3. The topological polar surface area (TPSA) is 108 Å². The molecule has 1 atom stereocenters. The zero-order chi connectivity index (χ0) is 25.4. The molecule has 2 aromatic rings. The molecule has 2 amide bonds. The monoisotopic (exact) mass is 481 g/mol. The molecule has 0 fully saturated rings. The number of nitrogens with zero attached hydrogens (tertiary/aromatic N) is 1. The Kier molecular flexibility index (Phi) is 9.11. The molecule has 0 saturated carbocycles. The summed E-state index contributed by atoms with van der Waals surface area (Å²) in [4.78, 5) is 38.0. The number of unbranched alkanes of at least 4 members (excludes halogenated alkanes) is 3. The number of aliphatic carboxylic acids is 1. The van der Waals surface area contributed by atoms with Crippen LogP contribution in [0.3, 0.4) is 0 Å². The van der Waals surface area contributed by atoms with E-state index in [9.17, 15) is 14.4 Å². The van der Waals surface area contributed by atoms with Crippen LogP contribution in [0.1, 0.15) is 57.9 Å². The van der Waals surface area contributed by atoms with E-state index in [1.54, 1.807) is 13.2 Å². The highest BCUT2D eigenvalue weighted by Gasteiger charge is 2.35. The van der Waals surface area contributed by atoms with Crippen molar-refractivity contribution in [2.24, 2.45) is 5.92 Å². The third-order valence-corrected chi connectivity index (χ3v) is 6.14. The molecule has 3 rings (SSSR count). The number of hydrogen-bond acceptors (Lipinski definition) is 5. The van der Waals surface area contributed by atoms with E-state index >= 15 is 0 Å². The van der Waals surface area contributed by atoms with Gasteiger partial charge in [0.05, 0.1) is 18.5 Å². The third kappa shape index (κ3) is 7.21. The van der Waals surface area contributed by atoms with Gasteiger partial charge in [-0.05, 0) is 54.7 Å². The van der Waals surface area contributed by atoms with Crippen molar-refractivity contribution in [1.82, 2.24) is 0 Å². The van der Waals surface area contributed by atoms with Gasteiger partial charge in [0.15, 0.2) is 0 Å². The maximum atomic E-state index is 13.0. The number of carboxylic acid groups (broad SMARTS) is 1. The summed E-state index contributed by atoms with van der Waals surface area (Å²) >= 11 is 0. The number of amides is 2. The molecule has 0 aromatic heterocycles. The van der Waals surface area contributed by atoms with Crippen LogP contribution >= 0.6 is 0 Å². The summed E-state index contributed by atoms with van der Waals surface area (Å²) in [7, 11) is 1.63. The van der Waals surface area contributed by atoms with Crippen LogP contribution in [0.2, 0.25) is 0 Å². The Hall–Kier alpha value is -3.55. The van der Waals surface area contributed by atoms with E-state index in [4.69, 9.17) is 9.84 Å². The van der Waals surface area contributed by atoms with Gasteiger partial charge in [-0.15, -0.1) is 0 Å². The van der Waals surface area contributed by atoms with E-state index in [0.717, 1.165) is 29.8 Å². The van der Waals surface area contributed by atoms with Gasteiger partial charge in [0, 0.05) is 25.1 Å². The highest BCUT2D eigenvalue weighted by atomic mass is 16.5. The fourth-order valence-corrected chi connectivity index (χ4v) is 4.38. The van der Waals surface area contributed by atoms with Gasteiger partial charge in [-0.2, -0.15) is 0 Å². The fraction of sp³-hybridized carbons (Fsp3) is 0.444. The highest BCUT2D eigenvalue weighted by molar-refractivity contribution is 6.05. The summed E-state index contributed by atoms with van der Waals surface area (Å²) in [5.41, 5.74) is 3.28. The first kappa shape index (κ1) is 26.1. The Bertz CT molecular complexity index is 1040. The standard InChI is InChI=1S/C27H35N3O5/c1-18(2)26-27(34)29-22-16-20(28-24(31)8-6-4-5-7-9-25(32)33)12-15-23(22)30(26)17-19-10-13-21(35-3)14-11-19/h10-16,18,26H,4-9,17H2,1-3H3,(H,28,31)(H,29,34)(H,32,33). The van der Waals surface area contributed by atoms with Crippen molar-refractivity contribution in [2.45, 2.75) is 65.0 Å². The predicted molar refractivity (Wildman–Crippen MR) is 137 cm³/mol. The maximum Gasteiger partial charge on any atom is 0.303 e. The lowest BCUT2D eigenvalue weighted by molar-refractivity contribution is -0.137. The number of methoxy groups -OCH3 is 1. The molecule has 1 aliphatic rings. The van der Waals surface area contributed by atoms with Crippen molar-refractivity contribution in [3.63, 3.8) is 0 Å². The zero-order valence-electron chi connectivity index (χ0n) is 20.7. The van der Waals surface area contributed by atoms with E-state index in [2.05, 4.69) is 15.5 Å². The average molecular weight is 482 g/mol. The molecule has 3 N–H and O–H groups in total. The van der Waals surface area contributed by atoms with Crippen LogP contribution in [0.4, 0.5) is 17.1 Å². The van der Waals surface area contributed by atoms with Crippen LogP contribution < -0.4 is 20.3 Å². The number of ether oxygens (including phenoxy) is 1. The number of anilines is 3. The van der Waals surface area contributed by atoms with Gasteiger partial charge in [-0.25, -0.2) is 0 Å². The summed E-state index contributed by atoms with van der Waals surface area (Å²) < 4.78 is 5.25. The Morgan fingerprint density at radius 3 is 2.37 bits per heavy atom. The quantitative estimate of drug-likeness (QED) is 0.367. The molecule has 1 aliphatic heterocycles. The van der Waals surface area contributed by atoms with Crippen LogP contribution in [0.25, 0.3) is 0 Å². The second-order valence-electron chi connectivity index (χ2n) is 9.24. The maximum absolute atomic E-state index is 13.0. The smallest absolute Gasteiger partial charge is 0.303 e. The van der Waals surface area contributed by atoms with Gasteiger partial charge in [-0.3, -0.25) is 14.4 Å². The first-order chi connectivity index (χ1) is 16.8. The molecule has 1 unspecified atom stereocenters. The molecule has 0 bridgehead atoms. The van der Waals surface area contributed by atoms with Crippen molar-refractivity contribution in [3.05, 3.63) is 48.0 Å². The molecular weight excluding hydrogens is 446 g/mol. The first-order valence-corrected chi connectivity index (χ1v) is 12.1. The minimum atomic E-state index is -0.787. The molecule has 188 valence electrons. The van der Waals surface area contributed by atoms with Gasteiger partial charge in [0.25, 0.3) is 0 Å². The number of carboxylic acids is 1. The van der Waals surface area contributed by atoms with Crippen LogP contribution in [0.15, 0.2) is 42.5 Å². The Balaban J connectivity index is 1.67. The van der Waals surface area contributed by atoms with Gasteiger partial charge in [0.2, 0.25) is 11.8 Å². The summed E-state index contributed by atoms with van der Waals surface area (Å²) in [6, 6.07) is 13.1. The van der Waals surface area contributed by atoms with Gasteiger partial charge < -0.3 is 25.4 Å². The first-order valence-electron chi connectivity index (χ1n) is 12.1. The number of benzene rings is 2. The zero-order valence-corrected chi connectivity index (χ0v) is 20.7. The predicted octanol–water partition coefficient (Wildman–Crippen LogP) is 5.04. The largest absolute Gasteiger partial charge is 0.497 e. The second kappa shape index (κ2) is 12.2. The fourth-order valence-electron chi connectivity index (χ4n) is 4.38. The van der Waals surface area contributed by atoms with Crippen molar-refractivity contribution in [1.29, 1.82) is 0 Å². The van der Waals surface area contributed by atoms with Gasteiger partial charge in [-0.1, -0.05) is 38.8 Å². The van der Waals surface area contributed by atoms with E-state index in [-0.39, 0.29) is 30.2 Å². The summed E-state index contributed by atoms with van der Waals surface area (Å²) in [6.45, 7) is 4.64. The molecule has 0 radical (unpaired) electrons. The van der Waals surface area contributed by atoms with Crippen LogP contribution in [0.5, 0.6) is 5.75 Å². The molecular formula is C27H35N3O5. The molecule has 8 heteroatoms. The lowest BCUT2D eigenvalue weighted by atomic mass is 9.96. The van der Waals surface area contributed by atoms with Crippen molar-refractivity contribution >= 4 is 34.8 Å². The minimum Gasteiger partial charge on any atom is -0.497 e. The van der Waals surface area contributed by atoms with Gasteiger partial charge in [0.1, 0.15) is 11.8 Å². The molecule has 0 spiro atoms. The number of fused-ring (bicyclic) bond motifs is 1. The van der Waals surface area contributed by atoms with Crippen molar-refractivity contribution < 1.29 is 24.2 Å². The van der Waals surface area contributed by atoms with Crippen LogP contribution in [-0.2, 0) is 20.9 Å². The normalized spacial score (nSPS) is 14.9. The Morgan fingerprint density at radius 1 is 1.06 bits per heavy atom. The highest BCUT2D eigenvalue weighted by Crippen LogP contribution is 2.37. The minimum absolute atomic E-state index is 0.0640. The molecule has 0 aliphatic carbocycles. The molecule has 0 saturated heterocycles. The molecule has 2 aromatic carbocycles. The van der Waals surface area contributed by atoms with E-state index < -0.39 is 5.97 Å².